The molecular weight excluding hydrogens is 483 g/mol. The number of thiazole rings is 1. The summed E-state index contributed by atoms with van der Waals surface area (Å²) in [7, 11) is 0. The van der Waals surface area contributed by atoms with Crippen molar-refractivity contribution in [3.8, 4) is 5.13 Å². The van der Waals surface area contributed by atoms with Crippen LogP contribution in [-0.4, -0.2) is 14.5 Å². The van der Waals surface area contributed by atoms with Gasteiger partial charge < -0.3 is 0 Å². The maximum Gasteiger partial charge on any atom is 0.197 e. The lowest BCUT2D eigenvalue weighted by atomic mass is 10.6. The van der Waals surface area contributed by atoms with Crippen LogP contribution >= 0.6 is 79.7 Å². The van der Waals surface area contributed by atoms with Gasteiger partial charge in [0.2, 0.25) is 0 Å². The van der Waals surface area contributed by atoms with E-state index in [2.05, 4.69) is 55.1 Å². The van der Waals surface area contributed by atoms with Crippen LogP contribution in [0.1, 0.15) is 4.88 Å². The van der Waals surface area contributed by atoms with E-state index in [1.54, 1.807) is 6.33 Å². The van der Waals surface area contributed by atoms with Crippen molar-refractivity contribution in [3.05, 3.63) is 23.8 Å². The van der Waals surface area contributed by atoms with Crippen LogP contribution < -0.4 is 0 Å². The largest absolute Gasteiger partial charge is 0.268 e. The molecule has 0 spiro atoms. The molecule has 0 atom stereocenters. The molecule has 0 aromatic carbocycles. The minimum absolute atomic E-state index is 0.388. The zero-order chi connectivity index (χ0) is 11.0. The van der Waals surface area contributed by atoms with E-state index in [1.165, 1.54) is 11.3 Å². The third-order valence-electron chi connectivity index (χ3n) is 1.63. The summed E-state index contributed by atoms with van der Waals surface area (Å²) in [5.41, 5.74) is 0. The van der Waals surface area contributed by atoms with Crippen molar-refractivity contribution in [2.75, 3.05) is 0 Å². The van der Waals surface area contributed by atoms with Gasteiger partial charge in [0, 0.05) is 0 Å². The van der Waals surface area contributed by atoms with E-state index in [4.69, 9.17) is 23.2 Å². The predicted octanol–water partition coefficient (Wildman–Crippen LogP) is 3.93. The van der Waals surface area contributed by atoms with E-state index >= 15 is 0 Å². The van der Waals surface area contributed by atoms with Crippen molar-refractivity contribution in [1.82, 2.24) is 14.5 Å². The Bertz CT molecular complexity index is 496. The number of rotatable bonds is 2. The van der Waals surface area contributed by atoms with Crippen molar-refractivity contribution in [3.63, 3.8) is 0 Å². The first-order valence-electron chi connectivity index (χ1n) is 3.73. The molecule has 0 fully saturated rings. The number of alkyl halides is 1. The Balaban J connectivity index is 2.50. The molecule has 2 aromatic rings. The van der Waals surface area contributed by atoms with Gasteiger partial charge >= 0.3 is 0 Å². The molecule has 8 heteroatoms. The Morgan fingerprint density at radius 3 is 2.67 bits per heavy atom. The van der Waals surface area contributed by atoms with E-state index in [1.807, 2.05) is 4.57 Å². The summed E-state index contributed by atoms with van der Waals surface area (Å²) >= 11 is 17.5. The third-order valence-corrected chi connectivity index (χ3v) is 6.39. The molecule has 0 saturated carbocycles. The lowest BCUT2D eigenvalue weighted by Gasteiger charge is -1.96. The molecule has 3 nitrogen and oxygen atoms in total. The summed E-state index contributed by atoms with van der Waals surface area (Å²) < 4.78 is 3.88. The Kier molecular flexibility index (Phi) is 4.14. The molecule has 0 amide bonds. The zero-order valence-corrected chi connectivity index (χ0v) is 13.7. The van der Waals surface area contributed by atoms with E-state index in [0.29, 0.717) is 11.0 Å². The molecule has 0 saturated heterocycles. The Morgan fingerprint density at radius 1 is 1.47 bits per heavy atom. The van der Waals surface area contributed by atoms with E-state index in [0.717, 1.165) is 17.4 Å². The molecule has 15 heavy (non-hydrogen) atoms. The third kappa shape index (κ3) is 2.43. The highest BCUT2D eigenvalue weighted by molar-refractivity contribution is 14.1. The first-order chi connectivity index (χ1) is 7.13. The molecule has 0 bridgehead atoms. The highest BCUT2D eigenvalue weighted by Crippen LogP contribution is 2.29. The lowest BCUT2D eigenvalue weighted by Crippen LogP contribution is -1.93. The first-order valence-corrected chi connectivity index (χ1v) is 7.62. The SMILES string of the molecule is ClCc1sc(-n2cnc(I)c2I)nc1Cl. The van der Waals surface area contributed by atoms with Gasteiger partial charge in [0.05, 0.1) is 10.8 Å². The second-order valence-corrected chi connectivity index (χ2v) is 6.27. The maximum atomic E-state index is 5.93. The summed E-state index contributed by atoms with van der Waals surface area (Å²) in [6.07, 6.45) is 1.73. The maximum absolute atomic E-state index is 5.93. The minimum Gasteiger partial charge on any atom is -0.268 e. The van der Waals surface area contributed by atoms with Crippen molar-refractivity contribution >= 4 is 79.7 Å². The Labute approximate surface area is 127 Å². The fourth-order valence-electron chi connectivity index (χ4n) is 0.952. The number of halogens is 4. The number of hydrogen-bond acceptors (Lipinski definition) is 3. The van der Waals surface area contributed by atoms with Gasteiger partial charge in [0.1, 0.15) is 18.9 Å². The molecule has 2 aromatic heterocycles. The summed E-state index contributed by atoms with van der Waals surface area (Å²) in [5, 5.41) is 1.28. The van der Waals surface area contributed by atoms with Gasteiger partial charge in [0.15, 0.2) is 5.13 Å². The van der Waals surface area contributed by atoms with Crippen molar-refractivity contribution in [2.24, 2.45) is 0 Å². The number of aromatic nitrogens is 3. The lowest BCUT2D eigenvalue weighted by molar-refractivity contribution is 1.00. The van der Waals surface area contributed by atoms with Crippen molar-refractivity contribution in [2.45, 2.75) is 5.88 Å². The highest BCUT2D eigenvalue weighted by Gasteiger charge is 2.13. The van der Waals surface area contributed by atoms with Crippen molar-refractivity contribution < 1.29 is 0 Å². The van der Waals surface area contributed by atoms with Gasteiger partial charge in [-0.15, -0.1) is 11.6 Å². The monoisotopic (exact) mass is 485 g/mol. The normalized spacial score (nSPS) is 10.9. The van der Waals surface area contributed by atoms with E-state index in [-0.39, 0.29) is 0 Å². The number of nitrogens with zero attached hydrogens (tertiary/aromatic N) is 3. The molecule has 0 N–H and O–H groups in total. The molecular formula is C7H3Cl2I2N3S. The van der Waals surface area contributed by atoms with Gasteiger partial charge in [-0.2, -0.15) is 0 Å². The smallest absolute Gasteiger partial charge is 0.197 e. The highest BCUT2D eigenvalue weighted by atomic mass is 127. The quantitative estimate of drug-likeness (QED) is 0.477. The Morgan fingerprint density at radius 2 is 2.20 bits per heavy atom. The molecule has 0 aliphatic heterocycles. The molecule has 0 unspecified atom stereocenters. The van der Waals surface area contributed by atoms with E-state index < -0.39 is 0 Å². The molecule has 0 aliphatic carbocycles. The summed E-state index contributed by atoms with van der Waals surface area (Å²) in [6.45, 7) is 0. The average Bonchev–Trinajstić information content (AvgIpc) is 2.72. The average molecular weight is 486 g/mol. The van der Waals surface area contributed by atoms with Crippen LogP contribution in [0.2, 0.25) is 5.15 Å². The molecule has 0 radical (unpaired) electrons. The van der Waals surface area contributed by atoms with Crippen molar-refractivity contribution in [1.29, 1.82) is 0 Å². The van der Waals surface area contributed by atoms with Crippen LogP contribution in [0.15, 0.2) is 6.33 Å². The fraction of sp³-hybridized carbons (Fsp3) is 0.143. The minimum atomic E-state index is 0.388. The second kappa shape index (κ2) is 5.03. The van der Waals surface area contributed by atoms with Crippen LogP contribution in [0.4, 0.5) is 0 Å². The zero-order valence-electron chi connectivity index (χ0n) is 7.05. The van der Waals surface area contributed by atoms with Gasteiger partial charge in [-0.3, -0.25) is 4.57 Å². The number of hydrogen-bond donors (Lipinski definition) is 0. The standard InChI is InChI=1S/C7H3Cl2I2N3S/c8-1-3-4(9)13-7(15-3)14-2-12-5(10)6(14)11/h2H,1H2. The van der Waals surface area contributed by atoms with Crippen LogP contribution in [-0.2, 0) is 5.88 Å². The van der Waals surface area contributed by atoms with Crippen LogP contribution in [0.3, 0.4) is 0 Å². The van der Waals surface area contributed by atoms with Crippen LogP contribution in [0, 0.1) is 7.40 Å². The second-order valence-electron chi connectivity index (χ2n) is 2.54. The topological polar surface area (TPSA) is 30.7 Å². The Hall–Kier alpha value is 0.880. The van der Waals surface area contributed by atoms with E-state index in [9.17, 15) is 0 Å². The summed E-state index contributed by atoms with van der Waals surface area (Å²) in [4.78, 5) is 9.31. The van der Waals surface area contributed by atoms with Gasteiger partial charge in [0.25, 0.3) is 0 Å². The van der Waals surface area contributed by atoms with Crippen LogP contribution in [0.5, 0.6) is 0 Å². The van der Waals surface area contributed by atoms with Gasteiger partial charge in [-0.1, -0.05) is 22.9 Å². The number of imidazole rings is 1. The van der Waals surface area contributed by atoms with Crippen LogP contribution in [0.25, 0.3) is 5.13 Å². The fourth-order valence-corrected chi connectivity index (χ4v) is 3.44. The predicted molar refractivity (Wildman–Crippen MR) is 79.2 cm³/mol. The van der Waals surface area contributed by atoms with Gasteiger partial charge in [-0.25, -0.2) is 9.97 Å². The molecule has 80 valence electrons. The molecule has 2 rings (SSSR count). The molecule has 2 heterocycles. The first kappa shape index (κ1) is 12.3. The van der Waals surface area contributed by atoms with Gasteiger partial charge in [-0.05, 0) is 45.2 Å². The summed E-state index contributed by atoms with van der Waals surface area (Å²) in [5.74, 6) is 0.388. The molecule has 0 aliphatic rings. The summed E-state index contributed by atoms with van der Waals surface area (Å²) in [6, 6.07) is 0.